The summed E-state index contributed by atoms with van der Waals surface area (Å²) in [6, 6.07) is 2.53. The number of carbonyl (C=O) groups is 2. The zero-order valence-corrected chi connectivity index (χ0v) is 11.4. The number of hydrogen-bond acceptors (Lipinski definition) is 6. The van der Waals surface area contributed by atoms with Crippen molar-refractivity contribution in [2.45, 2.75) is 6.04 Å². The van der Waals surface area contributed by atoms with Crippen molar-refractivity contribution in [1.29, 1.82) is 0 Å². The number of nitro benzene ring substituents is 1. The van der Waals surface area contributed by atoms with E-state index < -0.39 is 28.5 Å². The molecule has 1 atom stereocenters. The third-order valence-corrected chi connectivity index (χ3v) is 2.58. The molecule has 0 saturated carbocycles. The summed E-state index contributed by atoms with van der Waals surface area (Å²) in [5, 5.41) is 22.1. The fourth-order valence-electron chi connectivity index (χ4n) is 1.64. The lowest BCUT2D eigenvalue weighted by Crippen LogP contribution is -2.44. The number of rotatable bonds is 7. The first kappa shape index (κ1) is 16.4. The van der Waals surface area contributed by atoms with Crippen molar-refractivity contribution in [3.05, 3.63) is 33.9 Å². The maximum atomic E-state index is 12.1. The molecule has 1 rings (SSSR count). The second-order valence-electron chi connectivity index (χ2n) is 3.93. The molecule has 1 aromatic carbocycles. The van der Waals surface area contributed by atoms with E-state index in [9.17, 15) is 19.7 Å². The molecule has 0 aliphatic rings. The van der Waals surface area contributed by atoms with Gasteiger partial charge in [0, 0.05) is 13.2 Å². The number of carboxylic acid groups (broad SMARTS) is 1. The van der Waals surface area contributed by atoms with Gasteiger partial charge in [-0.3, -0.25) is 14.9 Å². The fourth-order valence-corrected chi connectivity index (χ4v) is 1.64. The Kier molecular flexibility index (Phi) is 5.61. The van der Waals surface area contributed by atoms with Crippen LogP contribution in [-0.4, -0.2) is 48.8 Å². The predicted octanol–water partition coefficient (Wildman–Crippen LogP) is 0.433. The Morgan fingerprint density at radius 3 is 2.57 bits per heavy atom. The van der Waals surface area contributed by atoms with Crippen LogP contribution >= 0.6 is 0 Å². The molecule has 0 aliphatic carbocycles. The Morgan fingerprint density at radius 2 is 2.10 bits per heavy atom. The maximum Gasteiger partial charge on any atom is 0.328 e. The Labute approximate surface area is 119 Å². The van der Waals surface area contributed by atoms with Crippen molar-refractivity contribution in [1.82, 2.24) is 5.32 Å². The monoisotopic (exact) mass is 298 g/mol. The summed E-state index contributed by atoms with van der Waals surface area (Å²) in [7, 11) is 2.52. The molecule has 2 N–H and O–H groups in total. The van der Waals surface area contributed by atoms with Crippen LogP contribution in [0.15, 0.2) is 18.2 Å². The van der Waals surface area contributed by atoms with Crippen LogP contribution in [0, 0.1) is 10.1 Å². The number of ether oxygens (including phenoxy) is 2. The molecule has 0 saturated heterocycles. The topological polar surface area (TPSA) is 128 Å². The predicted molar refractivity (Wildman–Crippen MR) is 70.4 cm³/mol. The van der Waals surface area contributed by atoms with Crippen molar-refractivity contribution in [2.75, 3.05) is 20.8 Å². The number of hydrogen-bond donors (Lipinski definition) is 2. The third kappa shape index (κ3) is 3.89. The minimum Gasteiger partial charge on any atom is -0.496 e. The lowest BCUT2D eigenvalue weighted by Gasteiger charge is -2.14. The summed E-state index contributed by atoms with van der Waals surface area (Å²) in [5.74, 6) is -2.27. The van der Waals surface area contributed by atoms with E-state index in [1.165, 1.54) is 26.4 Å². The van der Waals surface area contributed by atoms with E-state index >= 15 is 0 Å². The van der Waals surface area contributed by atoms with Crippen LogP contribution < -0.4 is 10.1 Å². The first-order valence-electron chi connectivity index (χ1n) is 5.76. The standard InChI is InChI=1S/C12H14N2O7/c1-20-6-7(12(16)17)13-11(15)10-8(14(18)19)4-3-5-9(10)21-2/h3-5,7H,6H2,1-2H3,(H,13,15)(H,16,17). The Hall–Kier alpha value is -2.68. The minimum absolute atomic E-state index is 0.0248. The third-order valence-electron chi connectivity index (χ3n) is 2.58. The van der Waals surface area contributed by atoms with Gasteiger partial charge in [0.1, 0.15) is 5.75 Å². The second-order valence-corrected chi connectivity index (χ2v) is 3.93. The Morgan fingerprint density at radius 1 is 1.43 bits per heavy atom. The number of methoxy groups -OCH3 is 2. The van der Waals surface area contributed by atoms with E-state index in [1.807, 2.05) is 0 Å². The molecule has 9 nitrogen and oxygen atoms in total. The zero-order valence-electron chi connectivity index (χ0n) is 11.4. The van der Waals surface area contributed by atoms with Gasteiger partial charge < -0.3 is 19.9 Å². The van der Waals surface area contributed by atoms with E-state index in [4.69, 9.17) is 9.84 Å². The SMILES string of the molecule is COCC(NC(=O)c1c(OC)cccc1[N+](=O)[O-])C(=O)O. The van der Waals surface area contributed by atoms with Gasteiger partial charge in [-0.05, 0) is 6.07 Å². The number of nitrogens with one attached hydrogen (secondary N) is 1. The summed E-state index contributed by atoms with van der Waals surface area (Å²) < 4.78 is 9.59. The van der Waals surface area contributed by atoms with Gasteiger partial charge in [-0.15, -0.1) is 0 Å². The molecule has 0 bridgehead atoms. The average Bonchev–Trinajstić information content (AvgIpc) is 2.45. The van der Waals surface area contributed by atoms with Crippen molar-refractivity contribution in [2.24, 2.45) is 0 Å². The highest BCUT2D eigenvalue weighted by Gasteiger charge is 2.28. The van der Waals surface area contributed by atoms with Crippen molar-refractivity contribution >= 4 is 17.6 Å². The Balaban J connectivity index is 3.16. The van der Waals surface area contributed by atoms with E-state index in [2.05, 4.69) is 10.1 Å². The number of carbonyl (C=O) groups excluding carboxylic acids is 1. The largest absolute Gasteiger partial charge is 0.496 e. The molecule has 21 heavy (non-hydrogen) atoms. The van der Waals surface area contributed by atoms with Gasteiger partial charge in [-0.1, -0.05) is 6.07 Å². The van der Waals surface area contributed by atoms with Crippen molar-refractivity contribution in [3.63, 3.8) is 0 Å². The van der Waals surface area contributed by atoms with Crippen LogP contribution in [0.25, 0.3) is 0 Å². The highest BCUT2D eigenvalue weighted by molar-refractivity contribution is 6.02. The molecule has 9 heteroatoms. The van der Waals surface area contributed by atoms with Crippen molar-refractivity contribution < 1.29 is 29.1 Å². The molecular weight excluding hydrogens is 284 g/mol. The average molecular weight is 298 g/mol. The molecule has 114 valence electrons. The molecule has 1 amide bonds. The summed E-state index contributed by atoms with van der Waals surface area (Å²) in [6.45, 7) is -0.274. The first-order chi connectivity index (χ1) is 9.92. The van der Waals surface area contributed by atoms with Gasteiger partial charge in [0.15, 0.2) is 11.6 Å². The number of aliphatic carboxylic acids is 1. The molecule has 0 spiro atoms. The van der Waals surface area contributed by atoms with E-state index in [0.29, 0.717) is 0 Å². The molecule has 0 aliphatic heterocycles. The van der Waals surface area contributed by atoms with Crippen LogP contribution in [0.2, 0.25) is 0 Å². The van der Waals surface area contributed by atoms with Gasteiger partial charge >= 0.3 is 5.97 Å². The van der Waals surface area contributed by atoms with Gasteiger partial charge in [0.05, 0.1) is 18.6 Å². The molecule has 0 aromatic heterocycles. The first-order valence-corrected chi connectivity index (χ1v) is 5.76. The molecule has 1 unspecified atom stereocenters. The van der Waals surface area contributed by atoms with Crippen LogP contribution in [0.4, 0.5) is 5.69 Å². The molecule has 1 aromatic rings. The zero-order chi connectivity index (χ0) is 16.0. The lowest BCUT2D eigenvalue weighted by atomic mass is 10.1. The smallest absolute Gasteiger partial charge is 0.328 e. The van der Waals surface area contributed by atoms with E-state index in [1.54, 1.807) is 0 Å². The maximum absolute atomic E-state index is 12.1. The van der Waals surface area contributed by atoms with Gasteiger partial charge in [0.2, 0.25) is 0 Å². The Bertz CT molecular complexity index is 559. The summed E-state index contributed by atoms with van der Waals surface area (Å²) in [6.07, 6.45) is 0. The van der Waals surface area contributed by atoms with Gasteiger partial charge in [-0.25, -0.2) is 4.79 Å². The van der Waals surface area contributed by atoms with Gasteiger partial charge in [0.25, 0.3) is 11.6 Å². The molecule has 0 heterocycles. The van der Waals surface area contributed by atoms with Crippen LogP contribution in [0.3, 0.4) is 0 Å². The summed E-state index contributed by atoms with van der Waals surface area (Å²) >= 11 is 0. The summed E-state index contributed by atoms with van der Waals surface area (Å²) in [4.78, 5) is 33.3. The number of amides is 1. The fraction of sp³-hybridized carbons (Fsp3) is 0.333. The van der Waals surface area contributed by atoms with Gasteiger partial charge in [-0.2, -0.15) is 0 Å². The molecule has 0 fully saturated rings. The lowest BCUT2D eigenvalue weighted by molar-refractivity contribution is -0.385. The van der Waals surface area contributed by atoms with E-state index in [0.717, 1.165) is 6.07 Å². The highest BCUT2D eigenvalue weighted by Crippen LogP contribution is 2.28. The summed E-state index contributed by atoms with van der Waals surface area (Å²) in [5.41, 5.74) is -0.819. The van der Waals surface area contributed by atoms with Crippen LogP contribution in [0.5, 0.6) is 5.75 Å². The van der Waals surface area contributed by atoms with E-state index in [-0.39, 0.29) is 17.9 Å². The molecular formula is C12H14N2O7. The normalized spacial score (nSPS) is 11.5. The number of carboxylic acids is 1. The second kappa shape index (κ2) is 7.20. The number of nitro groups is 1. The van der Waals surface area contributed by atoms with Crippen LogP contribution in [-0.2, 0) is 9.53 Å². The van der Waals surface area contributed by atoms with Crippen molar-refractivity contribution in [3.8, 4) is 5.75 Å². The quantitative estimate of drug-likeness (QED) is 0.551. The number of benzene rings is 1. The minimum atomic E-state index is -1.33. The van der Waals surface area contributed by atoms with Crippen LogP contribution in [0.1, 0.15) is 10.4 Å². The molecule has 0 radical (unpaired) electrons. The number of nitrogens with zero attached hydrogens (tertiary/aromatic N) is 1. The highest BCUT2D eigenvalue weighted by atomic mass is 16.6.